The first-order valence-electron chi connectivity index (χ1n) is 6.95. The number of hydrogen-bond acceptors (Lipinski definition) is 5. The average molecular weight is 368 g/mol. The minimum Gasteiger partial charge on any atom is -0.492 e. The van der Waals surface area contributed by atoms with Crippen molar-refractivity contribution in [2.75, 3.05) is 46.2 Å². The summed E-state index contributed by atoms with van der Waals surface area (Å²) in [6.45, 7) is 1.81. The van der Waals surface area contributed by atoms with E-state index in [4.69, 9.17) is 15.2 Å². The van der Waals surface area contributed by atoms with Crippen LogP contribution >= 0.6 is 24.8 Å². The van der Waals surface area contributed by atoms with E-state index in [1.807, 2.05) is 38.4 Å². The molecule has 1 aromatic carbocycles. The summed E-state index contributed by atoms with van der Waals surface area (Å²) in [7, 11) is 5.54. The van der Waals surface area contributed by atoms with Crippen LogP contribution < -0.4 is 15.8 Å². The molecular formula is C15H27Cl2N3O3. The highest BCUT2D eigenvalue weighted by atomic mass is 35.5. The van der Waals surface area contributed by atoms with E-state index >= 15 is 0 Å². The van der Waals surface area contributed by atoms with Crippen LogP contribution in [0.4, 0.5) is 5.69 Å². The predicted molar refractivity (Wildman–Crippen MR) is 98.1 cm³/mol. The van der Waals surface area contributed by atoms with Gasteiger partial charge in [0.05, 0.1) is 12.5 Å². The van der Waals surface area contributed by atoms with E-state index in [0.29, 0.717) is 13.2 Å². The fourth-order valence-corrected chi connectivity index (χ4v) is 1.66. The van der Waals surface area contributed by atoms with Gasteiger partial charge in [0.2, 0.25) is 5.91 Å². The van der Waals surface area contributed by atoms with Gasteiger partial charge in [-0.25, -0.2) is 0 Å². The molecule has 1 aromatic rings. The molecule has 0 bridgehead atoms. The third-order valence-electron chi connectivity index (χ3n) is 2.95. The van der Waals surface area contributed by atoms with Crippen molar-refractivity contribution in [3.8, 4) is 5.75 Å². The summed E-state index contributed by atoms with van der Waals surface area (Å²) >= 11 is 0. The highest BCUT2D eigenvalue weighted by molar-refractivity contribution is 5.91. The number of hydrogen-bond donors (Lipinski definition) is 2. The van der Waals surface area contributed by atoms with Crippen LogP contribution in [0.5, 0.6) is 5.75 Å². The predicted octanol–water partition coefficient (Wildman–Crippen LogP) is 1.77. The summed E-state index contributed by atoms with van der Waals surface area (Å²) in [4.78, 5) is 13.8. The van der Waals surface area contributed by atoms with E-state index in [2.05, 4.69) is 10.2 Å². The second-order valence-electron chi connectivity index (χ2n) is 5.02. The number of rotatable bonds is 9. The lowest BCUT2D eigenvalue weighted by Gasteiger charge is -2.13. The molecule has 0 spiro atoms. The second-order valence-corrected chi connectivity index (χ2v) is 5.02. The molecule has 8 heteroatoms. The van der Waals surface area contributed by atoms with Crippen LogP contribution in [-0.4, -0.2) is 57.8 Å². The fraction of sp³-hybridized carbons (Fsp3) is 0.533. The lowest BCUT2D eigenvalue weighted by atomic mass is 10.2. The van der Waals surface area contributed by atoms with Crippen LogP contribution in [0.15, 0.2) is 24.3 Å². The molecule has 0 heterocycles. The topological polar surface area (TPSA) is 76.8 Å². The Labute approximate surface area is 150 Å². The van der Waals surface area contributed by atoms with Crippen LogP contribution in [0, 0.1) is 0 Å². The van der Waals surface area contributed by atoms with Crippen molar-refractivity contribution < 1.29 is 14.3 Å². The van der Waals surface area contributed by atoms with E-state index in [1.54, 1.807) is 7.11 Å². The van der Waals surface area contributed by atoms with Gasteiger partial charge >= 0.3 is 0 Å². The molecule has 3 N–H and O–H groups in total. The quantitative estimate of drug-likeness (QED) is 0.695. The van der Waals surface area contributed by atoms with Crippen molar-refractivity contribution in [1.82, 2.24) is 4.90 Å². The van der Waals surface area contributed by atoms with Crippen LogP contribution in [-0.2, 0) is 9.53 Å². The highest BCUT2D eigenvalue weighted by Gasteiger charge is 2.11. The van der Waals surface area contributed by atoms with Crippen LogP contribution in [0.3, 0.4) is 0 Å². The molecule has 0 aromatic heterocycles. The maximum absolute atomic E-state index is 11.8. The number of methoxy groups -OCH3 is 1. The minimum atomic E-state index is -0.251. The van der Waals surface area contributed by atoms with Gasteiger partial charge in [-0.2, -0.15) is 0 Å². The van der Waals surface area contributed by atoms with Crippen molar-refractivity contribution in [1.29, 1.82) is 0 Å². The largest absolute Gasteiger partial charge is 0.492 e. The molecule has 0 aliphatic rings. The molecule has 1 unspecified atom stereocenters. The summed E-state index contributed by atoms with van der Waals surface area (Å²) in [5.41, 5.74) is 6.22. The number of likely N-dealkylation sites (N-methyl/N-ethyl adjacent to an activating group) is 1. The van der Waals surface area contributed by atoms with E-state index in [0.717, 1.165) is 18.0 Å². The maximum atomic E-state index is 11.8. The lowest BCUT2D eigenvalue weighted by Crippen LogP contribution is -2.28. The van der Waals surface area contributed by atoms with E-state index in [9.17, 15) is 4.79 Å². The van der Waals surface area contributed by atoms with E-state index in [1.165, 1.54) is 0 Å². The number of carbonyl (C=O) groups is 1. The Bertz CT molecular complexity index is 426. The zero-order valence-corrected chi connectivity index (χ0v) is 15.4. The van der Waals surface area contributed by atoms with Gasteiger partial charge in [0, 0.05) is 25.9 Å². The molecule has 1 rings (SSSR count). The number of amides is 1. The number of carbonyl (C=O) groups excluding carboxylic acids is 1. The van der Waals surface area contributed by atoms with Crippen molar-refractivity contribution in [3.63, 3.8) is 0 Å². The zero-order valence-electron chi connectivity index (χ0n) is 13.8. The molecule has 0 fully saturated rings. The zero-order chi connectivity index (χ0) is 15.7. The normalized spacial score (nSPS) is 11.2. The van der Waals surface area contributed by atoms with Gasteiger partial charge in [-0.05, 0) is 38.4 Å². The van der Waals surface area contributed by atoms with Gasteiger partial charge in [-0.3, -0.25) is 4.79 Å². The standard InChI is InChI=1S/C15H25N3O3.2ClH/c1-18(2)8-9-21-13-6-4-12(5-7-13)17-15(19)10-14(11-16)20-3;;/h4-7,14H,8-11,16H2,1-3H3,(H,17,19);2*1H. The maximum Gasteiger partial charge on any atom is 0.227 e. The first-order chi connectivity index (χ1) is 10.0. The molecule has 0 radical (unpaired) electrons. The molecule has 0 aliphatic carbocycles. The fourth-order valence-electron chi connectivity index (χ4n) is 1.66. The van der Waals surface area contributed by atoms with E-state index in [-0.39, 0.29) is 43.2 Å². The van der Waals surface area contributed by atoms with Crippen molar-refractivity contribution in [2.24, 2.45) is 5.73 Å². The van der Waals surface area contributed by atoms with Gasteiger partial charge < -0.3 is 25.4 Å². The van der Waals surface area contributed by atoms with Gasteiger partial charge in [0.1, 0.15) is 12.4 Å². The molecule has 6 nitrogen and oxygen atoms in total. The Hall–Kier alpha value is -1.05. The molecule has 134 valence electrons. The first kappa shape index (κ1) is 24.2. The molecule has 1 atom stereocenters. The molecule has 0 saturated heterocycles. The number of halogens is 2. The van der Waals surface area contributed by atoms with Gasteiger partial charge in [-0.15, -0.1) is 24.8 Å². The SMILES string of the molecule is COC(CN)CC(=O)Nc1ccc(OCCN(C)C)cc1.Cl.Cl. The third kappa shape index (κ3) is 10.4. The molecule has 1 amide bonds. The lowest BCUT2D eigenvalue weighted by molar-refractivity contribution is -0.118. The smallest absolute Gasteiger partial charge is 0.227 e. The first-order valence-corrected chi connectivity index (χ1v) is 6.95. The van der Waals surface area contributed by atoms with Crippen LogP contribution in [0.2, 0.25) is 0 Å². The Morgan fingerprint density at radius 1 is 1.26 bits per heavy atom. The molecular weight excluding hydrogens is 341 g/mol. The molecule has 0 aliphatic heterocycles. The van der Waals surface area contributed by atoms with E-state index < -0.39 is 0 Å². The Morgan fingerprint density at radius 2 is 1.87 bits per heavy atom. The summed E-state index contributed by atoms with van der Waals surface area (Å²) in [5, 5.41) is 2.80. The third-order valence-corrected chi connectivity index (χ3v) is 2.95. The van der Waals surface area contributed by atoms with Crippen molar-refractivity contribution >= 4 is 36.4 Å². The Morgan fingerprint density at radius 3 is 2.35 bits per heavy atom. The number of nitrogens with one attached hydrogen (secondary N) is 1. The van der Waals surface area contributed by atoms with Gasteiger partial charge in [0.15, 0.2) is 0 Å². The number of nitrogens with zero attached hydrogens (tertiary/aromatic N) is 1. The number of benzene rings is 1. The summed E-state index contributed by atoms with van der Waals surface area (Å²) in [6.07, 6.45) is -0.00713. The molecule has 0 saturated carbocycles. The summed E-state index contributed by atoms with van der Waals surface area (Å²) in [6, 6.07) is 7.30. The Balaban J connectivity index is 0. The van der Waals surface area contributed by atoms with Gasteiger partial charge in [0.25, 0.3) is 0 Å². The number of nitrogens with two attached hydrogens (primary N) is 1. The minimum absolute atomic E-state index is 0. The number of ether oxygens (including phenoxy) is 2. The highest BCUT2D eigenvalue weighted by Crippen LogP contribution is 2.16. The van der Waals surface area contributed by atoms with Gasteiger partial charge in [-0.1, -0.05) is 0 Å². The second kappa shape index (κ2) is 13.4. The van der Waals surface area contributed by atoms with Crippen molar-refractivity contribution in [2.45, 2.75) is 12.5 Å². The Kier molecular flexibility index (Phi) is 14.1. The summed E-state index contributed by atoms with van der Waals surface area (Å²) in [5.74, 6) is 0.667. The van der Waals surface area contributed by atoms with Crippen molar-refractivity contribution in [3.05, 3.63) is 24.3 Å². The molecule has 23 heavy (non-hydrogen) atoms. The number of anilines is 1. The monoisotopic (exact) mass is 367 g/mol. The summed E-state index contributed by atoms with van der Waals surface area (Å²) < 4.78 is 10.7. The van der Waals surface area contributed by atoms with Crippen LogP contribution in [0.1, 0.15) is 6.42 Å². The van der Waals surface area contributed by atoms with Crippen LogP contribution in [0.25, 0.3) is 0 Å². The average Bonchev–Trinajstić information content (AvgIpc) is 2.46.